The zero-order chi connectivity index (χ0) is 33.0. The van der Waals surface area contributed by atoms with Crippen LogP contribution in [0.3, 0.4) is 0 Å². The van der Waals surface area contributed by atoms with Gasteiger partial charge in [-0.2, -0.15) is 0 Å². The van der Waals surface area contributed by atoms with Crippen LogP contribution in [0.5, 0.6) is 0 Å². The highest BCUT2D eigenvalue weighted by atomic mass is 32.1. The van der Waals surface area contributed by atoms with Gasteiger partial charge in [-0.25, -0.2) is 0 Å². The van der Waals surface area contributed by atoms with Crippen LogP contribution in [0.15, 0.2) is 186 Å². The third kappa shape index (κ3) is 4.73. The number of furan rings is 1. The fourth-order valence-corrected chi connectivity index (χ4v) is 8.44. The molecule has 0 saturated carbocycles. The molecule has 0 unspecified atom stereocenters. The number of benzene rings is 8. The first-order chi connectivity index (χ1) is 24.8. The van der Waals surface area contributed by atoms with Crippen LogP contribution >= 0.6 is 11.3 Å². The number of fused-ring (bicyclic) bond motifs is 7. The normalized spacial score (nSPS) is 11.6. The first-order valence-electron chi connectivity index (χ1n) is 16.8. The lowest BCUT2D eigenvalue weighted by atomic mass is 10.0. The molecule has 8 aromatic carbocycles. The summed E-state index contributed by atoms with van der Waals surface area (Å²) in [5.74, 6) is 0. The summed E-state index contributed by atoms with van der Waals surface area (Å²) in [6, 6.07) is 65.0. The van der Waals surface area contributed by atoms with Gasteiger partial charge >= 0.3 is 0 Å². The molecule has 3 nitrogen and oxygen atoms in total. The number of para-hydroxylation sites is 3. The summed E-state index contributed by atoms with van der Waals surface area (Å²) in [7, 11) is 0. The van der Waals surface area contributed by atoms with Crippen LogP contribution in [0.25, 0.3) is 52.9 Å². The van der Waals surface area contributed by atoms with E-state index in [1.54, 1.807) is 0 Å². The van der Waals surface area contributed by atoms with E-state index in [2.05, 4.69) is 180 Å². The predicted molar refractivity (Wildman–Crippen MR) is 213 cm³/mol. The van der Waals surface area contributed by atoms with Gasteiger partial charge in [0.05, 0.1) is 5.69 Å². The van der Waals surface area contributed by atoms with Gasteiger partial charge in [-0.1, -0.05) is 97.1 Å². The van der Waals surface area contributed by atoms with Crippen LogP contribution in [-0.4, -0.2) is 0 Å². The van der Waals surface area contributed by atoms with E-state index < -0.39 is 0 Å². The van der Waals surface area contributed by atoms with Crippen LogP contribution in [0.4, 0.5) is 34.1 Å². The zero-order valence-corrected chi connectivity index (χ0v) is 27.8. The van der Waals surface area contributed by atoms with Gasteiger partial charge < -0.3 is 14.2 Å². The first kappa shape index (κ1) is 28.6. The third-order valence-corrected chi connectivity index (χ3v) is 10.7. The topological polar surface area (TPSA) is 19.6 Å². The molecule has 0 fully saturated rings. The molecule has 2 aromatic heterocycles. The maximum atomic E-state index is 6.22. The maximum absolute atomic E-state index is 6.22. The highest BCUT2D eigenvalue weighted by Gasteiger charge is 2.20. The summed E-state index contributed by atoms with van der Waals surface area (Å²) in [6.45, 7) is 0. The van der Waals surface area contributed by atoms with Gasteiger partial charge in [-0.15, -0.1) is 11.3 Å². The van der Waals surface area contributed by atoms with E-state index in [4.69, 9.17) is 4.42 Å². The second-order valence-electron chi connectivity index (χ2n) is 12.6. The quantitative estimate of drug-likeness (QED) is 0.177. The Morgan fingerprint density at radius 3 is 1.76 bits per heavy atom. The summed E-state index contributed by atoms with van der Waals surface area (Å²) in [6.07, 6.45) is 0. The Morgan fingerprint density at radius 1 is 0.340 bits per heavy atom. The molecule has 4 heteroatoms. The molecule has 0 aliphatic heterocycles. The van der Waals surface area contributed by atoms with Crippen LogP contribution in [0, 0.1) is 0 Å². The summed E-state index contributed by atoms with van der Waals surface area (Å²) in [4.78, 5) is 4.72. The van der Waals surface area contributed by atoms with Crippen molar-refractivity contribution < 1.29 is 4.42 Å². The van der Waals surface area contributed by atoms with Crippen molar-refractivity contribution in [3.8, 4) is 0 Å². The number of rotatable bonds is 6. The van der Waals surface area contributed by atoms with Crippen molar-refractivity contribution in [2.75, 3.05) is 9.80 Å². The van der Waals surface area contributed by atoms with E-state index in [-0.39, 0.29) is 0 Å². The minimum atomic E-state index is 0.892. The highest BCUT2D eigenvalue weighted by Crippen LogP contribution is 2.45. The van der Waals surface area contributed by atoms with Crippen LogP contribution in [0.1, 0.15) is 0 Å². The van der Waals surface area contributed by atoms with Gasteiger partial charge in [0.15, 0.2) is 0 Å². The Morgan fingerprint density at radius 2 is 0.940 bits per heavy atom. The number of anilines is 6. The monoisotopic (exact) mass is 658 g/mol. The van der Waals surface area contributed by atoms with Crippen molar-refractivity contribution >= 4 is 98.3 Å². The van der Waals surface area contributed by atoms with E-state index in [0.29, 0.717) is 0 Å². The van der Waals surface area contributed by atoms with Crippen molar-refractivity contribution in [3.63, 3.8) is 0 Å². The molecule has 0 saturated heterocycles. The molecule has 0 aliphatic rings. The van der Waals surface area contributed by atoms with E-state index >= 15 is 0 Å². The second-order valence-corrected chi connectivity index (χ2v) is 13.7. The molecule has 0 bridgehead atoms. The largest absolute Gasteiger partial charge is 0.456 e. The number of hydrogen-bond donors (Lipinski definition) is 0. The molecule has 0 radical (unpaired) electrons. The van der Waals surface area contributed by atoms with Gasteiger partial charge in [0.1, 0.15) is 11.2 Å². The van der Waals surface area contributed by atoms with Crippen LogP contribution in [-0.2, 0) is 0 Å². The van der Waals surface area contributed by atoms with Crippen LogP contribution < -0.4 is 9.80 Å². The average molecular weight is 659 g/mol. The average Bonchev–Trinajstić information content (AvgIpc) is 3.73. The smallest absolute Gasteiger partial charge is 0.135 e. The van der Waals surface area contributed by atoms with Crippen molar-refractivity contribution in [2.24, 2.45) is 0 Å². The number of hydrogen-bond acceptors (Lipinski definition) is 4. The van der Waals surface area contributed by atoms with Gasteiger partial charge in [-0.3, -0.25) is 0 Å². The minimum absolute atomic E-state index is 0.892. The van der Waals surface area contributed by atoms with E-state index in [0.717, 1.165) is 56.1 Å². The van der Waals surface area contributed by atoms with Gasteiger partial charge in [0.25, 0.3) is 0 Å². The summed E-state index contributed by atoms with van der Waals surface area (Å²) >= 11 is 1.84. The maximum Gasteiger partial charge on any atom is 0.135 e. The molecule has 10 aromatic rings. The van der Waals surface area contributed by atoms with Crippen LogP contribution in [0.2, 0.25) is 0 Å². The molecular formula is C46H30N2OS. The van der Waals surface area contributed by atoms with E-state index in [9.17, 15) is 0 Å². The standard InChI is InChI=1S/C46H30N2OS/c1-3-14-32(15-4-1)47(33-16-5-2-6-17-33)34-24-27-45-41(29-34)39-25-22-36(30-46(39)50-45)48(42-20-11-13-31-12-7-8-18-37(31)42)35-23-26-44-40(28-35)38-19-9-10-21-43(38)49-44/h1-30H. The van der Waals surface area contributed by atoms with Crippen molar-refractivity contribution in [3.05, 3.63) is 182 Å². The highest BCUT2D eigenvalue weighted by molar-refractivity contribution is 7.25. The minimum Gasteiger partial charge on any atom is -0.456 e. The molecule has 2 heterocycles. The Labute approximate surface area is 293 Å². The zero-order valence-electron chi connectivity index (χ0n) is 27.0. The lowest BCUT2D eigenvalue weighted by Crippen LogP contribution is -2.10. The lowest BCUT2D eigenvalue weighted by Gasteiger charge is -2.27. The SMILES string of the molecule is c1ccc(N(c2ccccc2)c2ccc3sc4cc(N(c5ccc6oc7ccccc7c6c5)c5cccc6ccccc56)ccc4c3c2)cc1. The molecule has 236 valence electrons. The first-order valence-corrected chi connectivity index (χ1v) is 17.7. The third-order valence-electron chi connectivity index (χ3n) is 9.61. The number of nitrogens with zero attached hydrogens (tertiary/aromatic N) is 2. The summed E-state index contributed by atoms with van der Waals surface area (Å²) in [5, 5.41) is 7.16. The second kappa shape index (κ2) is 11.7. The number of thiophene rings is 1. The van der Waals surface area contributed by atoms with Crippen molar-refractivity contribution in [1.29, 1.82) is 0 Å². The van der Waals surface area contributed by atoms with Gasteiger partial charge in [-0.05, 0) is 90.3 Å². The molecule has 50 heavy (non-hydrogen) atoms. The van der Waals surface area contributed by atoms with Crippen molar-refractivity contribution in [1.82, 2.24) is 0 Å². The summed E-state index contributed by atoms with van der Waals surface area (Å²) < 4.78 is 8.74. The molecule has 10 rings (SSSR count). The molecule has 0 atom stereocenters. The Bertz CT molecular complexity index is 2790. The molecule has 0 amide bonds. The van der Waals surface area contributed by atoms with E-state index in [1.165, 1.54) is 30.9 Å². The Balaban J connectivity index is 1.15. The molecule has 0 spiro atoms. The summed E-state index contributed by atoms with van der Waals surface area (Å²) in [5.41, 5.74) is 8.54. The fourth-order valence-electron chi connectivity index (χ4n) is 7.32. The van der Waals surface area contributed by atoms with E-state index in [1.807, 2.05) is 23.5 Å². The van der Waals surface area contributed by atoms with Gasteiger partial charge in [0, 0.05) is 64.8 Å². The molecular weight excluding hydrogens is 629 g/mol. The molecule has 0 N–H and O–H groups in total. The molecule has 0 aliphatic carbocycles. The fraction of sp³-hybridized carbons (Fsp3) is 0. The Kier molecular flexibility index (Phi) is 6.68. The van der Waals surface area contributed by atoms with Gasteiger partial charge in [0.2, 0.25) is 0 Å². The predicted octanol–water partition coefficient (Wildman–Crippen LogP) is 14.0. The Hall–Kier alpha value is -6.36. The lowest BCUT2D eigenvalue weighted by molar-refractivity contribution is 0.669. The van der Waals surface area contributed by atoms with Crippen molar-refractivity contribution in [2.45, 2.75) is 0 Å².